The van der Waals surface area contributed by atoms with Crippen LogP contribution in [0.3, 0.4) is 0 Å². The average molecular weight is 306 g/mol. The average Bonchev–Trinajstić information content (AvgIpc) is 2.50. The minimum Gasteiger partial charge on any atom is -0.478 e. The van der Waals surface area contributed by atoms with Crippen LogP contribution in [-0.4, -0.2) is 11.1 Å². The third kappa shape index (κ3) is 3.98. The molecule has 0 saturated carbocycles. The number of carbonyl (C=O) groups is 1. The zero-order valence-corrected chi connectivity index (χ0v) is 14.1. The Morgan fingerprint density at radius 1 is 1.09 bits per heavy atom. The number of fused-ring (bicyclic) bond motifs is 1. The molecule has 2 rings (SSSR count). The molecule has 0 aliphatic heterocycles. The molecular formula is C21H22O2. The van der Waals surface area contributed by atoms with E-state index in [2.05, 4.69) is 51.1 Å². The highest BCUT2D eigenvalue weighted by Gasteiger charge is 2.07. The van der Waals surface area contributed by atoms with Gasteiger partial charge in [0.15, 0.2) is 0 Å². The molecule has 0 aliphatic carbocycles. The molecule has 0 unspecified atom stereocenters. The lowest BCUT2D eigenvalue weighted by Gasteiger charge is -2.12. The predicted octanol–water partition coefficient (Wildman–Crippen LogP) is 5.45. The van der Waals surface area contributed by atoms with Gasteiger partial charge in [0.1, 0.15) is 0 Å². The Hall–Kier alpha value is -2.61. The quantitative estimate of drug-likeness (QED) is 0.602. The van der Waals surface area contributed by atoms with Crippen molar-refractivity contribution in [2.45, 2.75) is 27.7 Å². The summed E-state index contributed by atoms with van der Waals surface area (Å²) in [5.74, 6) is -0.922. The molecule has 2 aromatic carbocycles. The van der Waals surface area contributed by atoms with Gasteiger partial charge in [-0.1, -0.05) is 48.6 Å². The number of carboxylic acid groups (broad SMARTS) is 1. The number of hydrogen-bond donors (Lipinski definition) is 1. The highest BCUT2D eigenvalue weighted by atomic mass is 16.4. The molecule has 1 N–H and O–H groups in total. The SMILES string of the molecule is CC(/C=C/C=C(\C)c1cc(C)c2ccccc2c1C)=C\C(=O)O. The summed E-state index contributed by atoms with van der Waals surface area (Å²) in [6.45, 7) is 8.14. The van der Waals surface area contributed by atoms with Gasteiger partial charge in [-0.3, -0.25) is 0 Å². The molecule has 2 heteroatoms. The van der Waals surface area contributed by atoms with Gasteiger partial charge in [-0.15, -0.1) is 0 Å². The van der Waals surface area contributed by atoms with Crippen molar-refractivity contribution >= 4 is 22.3 Å². The van der Waals surface area contributed by atoms with Gasteiger partial charge >= 0.3 is 5.97 Å². The number of rotatable bonds is 4. The first-order chi connectivity index (χ1) is 10.9. The molecule has 0 spiro atoms. The van der Waals surface area contributed by atoms with Gasteiger partial charge < -0.3 is 5.11 Å². The minimum atomic E-state index is -0.922. The van der Waals surface area contributed by atoms with Crippen molar-refractivity contribution in [3.05, 3.63) is 76.9 Å². The Morgan fingerprint density at radius 2 is 1.74 bits per heavy atom. The lowest BCUT2D eigenvalue weighted by molar-refractivity contribution is -0.131. The van der Waals surface area contributed by atoms with Crippen molar-refractivity contribution in [3.8, 4) is 0 Å². The van der Waals surface area contributed by atoms with Gasteiger partial charge in [-0.2, -0.15) is 0 Å². The van der Waals surface area contributed by atoms with Crippen LogP contribution in [-0.2, 0) is 4.79 Å². The normalized spacial score (nSPS) is 13.0. The molecule has 0 saturated heterocycles. The van der Waals surface area contributed by atoms with E-state index in [0.29, 0.717) is 5.57 Å². The first-order valence-corrected chi connectivity index (χ1v) is 7.65. The summed E-state index contributed by atoms with van der Waals surface area (Å²) in [5.41, 5.74) is 5.64. The van der Waals surface area contributed by atoms with E-state index >= 15 is 0 Å². The lowest BCUT2D eigenvalue weighted by atomic mass is 9.92. The molecular weight excluding hydrogens is 284 g/mol. The van der Waals surface area contributed by atoms with Crippen molar-refractivity contribution in [2.75, 3.05) is 0 Å². The van der Waals surface area contributed by atoms with Crippen LogP contribution < -0.4 is 0 Å². The van der Waals surface area contributed by atoms with E-state index < -0.39 is 5.97 Å². The van der Waals surface area contributed by atoms with Gasteiger partial charge in [0.05, 0.1) is 0 Å². The van der Waals surface area contributed by atoms with Crippen molar-refractivity contribution < 1.29 is 9.90 Å². The highest BCUT2D eigenvalue weighted by molar-refractivity contribution is 5.92. The van der Waals surface area contributed by atoms with Crippen LogP contribution in [0.4, 0.5) is 0 Å². The fraction of sp³-hybridized carbons (Fsp3) is 0.190. The Balaban J connectivity index is 2.40. The molecule has 0 radical (unpaired) electrons. The largest absolute Gasteiger partial charge is 0.478 e. The first-order valence-electron chi connectivity index (χ1n) is 7.65. The molecule has 0 bridgehead atoms. The zero-order valence-electron chi connectivity index (χ0n) is 14.1. The maximum absolute atomic E-state index is 10.6. The van der Waals surface area contributed by atoms with Gasteiger partial charge in [0.2, 0.25) is 0 Å². The lowest BCUT2D eigenvalue weighted by Crippen LogP contribution is -1.91. The number of carboxylic acids is 1. The summed E-state index contributed by atoms with van der Waals surface area (Å²) in [5, 5.41) is 11.3. The summed E-state index contributed by atoms with van der Waals surface area (Å²) < 4.78 is 0. The second-order valence-corrected chi connectivity index (χ2v) is 5.85. The van der Waals surface area contributed by atoms with E-state index in [1.165, 1.54) is 33.5 Å². The maximum atomic E-state index is 10.6. The van der Waals surface area contributed by atoms with E-state index in [1.54, 1.807) is 13.0 Å². The van der Waals surface area contributed by atoms with E-state index in [-0.39, 0.29) is 0 Å². The molecule has 0 amide bonds. The number of aliphatic carboxylic acids is 1. The Kier molecular flexibility index (Phi) is 5.17. The monoisotopic (exact) mass is 306 g/mol. The maximum Gasteiger partial charge on any atom is 0.328 e. The Morgan fingerprint density at radius 3 is 2.39 bits per heavy atom. The van der Waals surface area contributed by atoms with E-state index in [0.717, 1.165) is 5.57 Å². The molecule has 0 aromatic heterocycles. The van der Waals surface area contributed by atoms with Crippen LogP contribution in [0.25, 0.3) is 16.3 Å². The topological polar surface area (TPSA) is 37.3 Å². The van der Waals surface area contributed by atoms with E-state index in [9.17, 15) is 4.79 Å². The van der Waals surface area contributed by atoms with Gasteiger partial charge in [-0.05, 0) is 66.3 Å². The zero-order chi connectivity index (χ0) is 17.0. The molecule has 23 heavy (non-hydrogen) atoms. The fourth-order valence-corrected chi connectivity index (χ4v) is 2.79. The molecule has 2 aromatic rings. The number of benzene rings is 2. The summed E-state index contributed by atoms with van der Waals surface area (Å²) >= 11 is 0. The van der Waals surface area contributed by atoms with Crippen molar-refractivity contribution in [1.82, 2.24) is 0 Å². The Labute approximate surface area is 137 Å². The fourth-order valence-electron chi connectivity index (χ4n) is 2.79. The Bertz CT molecular complexity index is 836. The van der Waals surface area contributed by atoms with Crippen LogP contribution in [0.15, 0.2) is 60.2 Å². The van der Waals surface area contributed by atoms with E-state index in [4.69, 9.17) is 5.11 Å². The van der Waals surface area contributed by atoms with Gasteiger partial charge in [0, 0.05) is 6.08 Å². The molecule has 2 nitrogen and oxygen atoms in total. The number of hydrogen-bond acceptors (Lipinski definition) is 1. The highest BCUT2D eigenvalue weighted by Crippen LogP contribution is 2.29. The van der Waals surface area contributed by atoms with Crippen LogP contribution in [0, 0.1) is 13.8 Å². The molecule has 0 fully saturated rings. The third-order valence-corrected chi connectivity index (χ3v) is 4.00. The summed E-state index contributed by atoms with van der Waals surface area (Å²) in [7, 11) is 0. The van der Waals surface area contributed by atoms with Gasteiger partial charge in [0.25, 0.3) is 0 Å². The van der Waals surface area contributed by atoms with Crippen LogP contribution in [0.2, 0.25) is 0 Å². The third-order valence-electron chi connectivity index (χ3n) is 4.00. The minimum absolute atomic E-state index is 0.716. The number of allylic oxidation sites excluding steroid dienone is 5. The molecule has 0 aliphatic rings. The van der Waals surface area contributed by atoms with E-state index in [1.807, 2.05) is 12.2 Å². The number of aryl methyl sites for hydroxylation is 2. The van der Waals surface area contributed by atoms with Crippen LogP contribution >= 0.6 is 0 Å². The van der Waals surface area contributed by atoms with Crippen molar-refractivity contribution in [1.29, 1.82) is 0 Å². The molecule has 0 atom stereocenters. The van der Waals surface area contributed by atoms with Crippen molar-refractivity contribution in [2.24, 2.45) is 0 Å². The molecule has 118 valence electrons. The second-order valence-electron chi connectivity index (χ2n) is 5.85. The second kappa shape index (κ2) is 7.10. The van der Waals surface area contributed by atoms with Crippen LogP contribution in [0.5, 0.6) is 0 Å². The summed E-state index contributed by atoms with van der Waals surface area (Å²) in [4.78, 5) is 10.6. The smallest absolute Gasteiger partial charge is 0.328 e. The summed E-state index contributed by atoms with van der Waals surface area (Å²) in [6, 6.07) is 10.7. The van der Waals surface area contributed by atoms with Gasteiger partial charge in [-0.25, -0.2) is 4.79 Å². The summed E-state index contributed by atoms with van der Waals surface area (Å²) in [6.07, 6.45) is 6.93. The standard InChI is InChI=1S/C21H22O2/c1-14(12-21(22)23)8-7-9-15(2)20-13-16(3)18-10-5-6-11-19(18)17(20)4/h5-13H,1-4H3,(H,22,23)/b8-7+,14-12+,15-9+. The predicted molar refractivity (Wildman–Crippen MR) is 97.6 cm³/mol. The van der Waals surface area contributed by atoms with Crippen LogP contribution in [0.1, 0.15) is 30.5 Å². The van der Waals surface area contributed by atoms with Crippen molar-refractivity contribution in [3.63, 3.8) is 0 Å². The first kappa shape index (κ1) is 16.8. The molecule has 0 heterocycles.